The molecule has 0 fully saturated rings. The summed E-state index contributed by atoms with van der Waals surface area (Å²) in [6.07, 6.45) is 1.52. The number of carbonyl (C=O) groups is 3. The summed E-state index contributed by atoms with van der Waals surface area (Å²) in [7, 11) is 0. The minimum atomic E-state index is -1.13. The molecule has 1 rings (SSSR count). The first-order chi connectivity index (χ1) is 11.0. The zero-order chi connectivity index (χ0) is 17.1. The van der Waals surface area contributed by atoms with Crippen molar-refractivity contribution in [2.45, 2.75) is 25.5 Å². The van der Waals surface area contributed by atoms with Crippen LogP contribution in [0.4, 0.5) is 4.79 Å². The first-order valence-corrected chi connectivity index (χ1v) is 7.10. The van der Waals surface area contributed by atoms with Crippen LogP contribution in [0.3, 0.4) is 0 Å². The number of benzene rings is 1. The van der Waals surface area contributed by atoms with Gasteiger partial charge in [-0.05, 0) is 18.4 Å². The molecular formula is C16H20N2O5. The molecule has 7 nitrogen and oxygen atoms in total. The maximum absolute atomic E-state index is 11.6. The molecule has 0 unspecified atom stereocenters. The van der Waals surface area contributed by atoms with Gasteiger partial charge in [0.05, 0.1) is 0 Å². The number of allylic oxidation sites excluding steroid dienone is 1. The molecule has 1 aromatic carbocycles. The van der Waals surface area contributed by atoms with Crippen LogP contribution in [-0.4, -0.2) is 35.7 Å². The van der Waals surface area contributed by atoms with Gasteiger partial charge in [-0.3, -0.25) is 4.79 Å². The van der Waals surface area contributed by atoms with E-state index < -0.39 is 24.0 Å². The monoisotopic (exact) mass is 320 g/mol. The highest BCUT2D eigenvalue weighted by Gasteiger charge is 2.19. The summed E-state index contributed by atoms with van der Waals surface area (Å²) < 4.78 is 4.94. The number of carboxylic acids is 1. The predicted octanol–water partition coefficient (Wildman–Crippen LogP) is 1.45. The highest BCUT2D eigenvalue weighted by atomic mass is 16.5. The van der Waals surface area contributed by atoms with Crippen LogP contribution >= 0.6 is 0 Å². The first kappa shape index (κ1) is 18.2. The molecule has 0 radical (unpaired) electrons. The Morgan fingerprint density at radius 3 is 2.57 bits per heavy atom. The van der Waals surface area contributed by atoms with Gasteiger partial charge in [0.1, 0.15) is 19.2 Å². The van der Waals surface area contributed by atoms with Gasteiger partial charge in [0.2, 0.25) is 5.91 Å². The molecule has 0 aliphatic carbocycles. The topological polar surface area (TPSA) is 105 Å². The summed E-state index contributed by atoms with van der Waals surface area (Å²) in [4.78, 5) is 34.1. The van der Waals surface area contributed by atoms with Crippen molar-refractivity contribution in [2.75, 3.05) is 6.54 Å². The number of carbonyl (C=O) groups excluding carboxylic acids is 2. The number of rotatable bonds is 9. The molecule has 7 heteroatoms. The van der Waals surface area contributed by atoms with Crippen molar-refractivity contribution in [1.82, 2.24) is 10.6 Å². The molecule has 3 N–H and O–H groups in total. The van der Waals surface area contributed by atoms with E-state index in [9.17, 15) is 14.4 Å². The van der Waals surface area contributed by atoms with E-state index in [0.717, 1.165) is 5.56 Å². The third-order valence-electron chi connectivity index (χ3n) is 2.90. The second-order valence-corrected chi connectivity index (χ2v) is 4.74. The highest BCUT2D eigenvalue weighted by molar-refractivity contribution is 5.86. The standard InChI is InChI=1S/C16H20N2O5/c1-2-3-9-13(15(20)21)18-14(19)10-17-16(22)23-11-12-7-5-4-6-8-12/h2,4-8,13H,1,3,9-11H2,(H,17,22)(H,18,19)(H,20,21)/t13-/m0/s1. The summed E-state index contributed by atoms with van der Waals surface area (Å²) >= 11 is 0. The SMILES string of the molecule is C=CCC[C@H](NC(=O)CNC(=O)OCc1ccccc1)C(=O)O. The van der Waals surface area contributed by atoms with Crippen molar-refractivity contribution >= 4 is 18.0 Å². The fourth-order valence-electron chi connectivity index (χ4n) is 1.71. The molecule has 2 amide bonds. The minimum Gasteiger partial charge on any atom is -0.480 e. The summed E-state index contributed by atoms with van der Waals surface area (Å²) in [5, 5.41) is 13.6. The van der Waals surface area contributed by atoms with E-state index in [2.05, 4.69) is 17.2 Å². The van der Waals surface area contributed by atoms with Gasteiger partial charge in [0.25, 0.3) is 0 Å². The zero-order valence-electron chi connectivity index (χ0n) is 12.7. The van der Waals surface area contributed by atoms with E-state index in [4.69, 9.17) is 9.84 Å². The lowest BCUT2D eigenvalue weighted by molar-refractivity contribution is -0.141. The van der Waals surface area contributed by atoms with E-state index in [1.165, 1.54) is 0 Å². The summed E-state index contributed by atoms with van der Waals surface area (Å²) in [6.45, 7) is 3.23. The smallest absolute Gasteiger partial charge is 0.407 e. The molecule has 0 heterocycles. The van der Waals surface area contributed by atoms with E-state index >= 15 is 0 Å². The van der Waals surface area contributed by atoms with Gasteiger partial charge < -0.3 is 20.5 Å². The van der Waals surface area contributed by atoms with E-state index in [0.29, 0.717) is 6.42 Å². The Morgan fingerprint density at radius 1 is 1.26 bits per heavy atom. The van der Waals surface area contributed by atoms with Crippen LogP contribution in [0, 0.1) is 0 Å². The van der Waals surface area contributed by atoms with E-state index in [1.807, 2.05) is 18.2 Å². The molecule has 0 spiro atoms. The zero-order valence-corrected chi connectivity index (χ0v) is 12.7. The molecule has 1 atom stereocenters. The van der Waals surface area contributed by atoms with Gasteiger partial charge in [0, 0.05) is 0 Å². The van der Waals surface area contributed by atoms with Gasteiger partial charge >= 0.3 is 12.1 Å². The maximum atomic E-state index is 11.6. The van der Waals surface area contributed by atoms with E-state index in [1.54, 1.807) is 18.2 Å². The lowest BCUT2D eigenvalue weighted by Gasteiger charge is -2.14. The lowest BCUT2D eigenvalue weighted by Crippen LogP contribution is -2.45. The maximum Gasteiger partial charge on any atom is 0.407 e. The van der Waals surface area contributed by atoms with Crippen LogP contribution < -0.4 is 10.6 Å². The molecule has 0 bridgehead atoms. The Kier molecular flexibility index (Phi) is 7.91. The molecule has 0 aromatic heterocycles. The van der Waals surface area contributed by atoms with Crippen molar-refractivity contribution in [3.8, 4) is 0 Å². The lowest BCUT2D eigenvalue weighted by atomic mass is 10.1. The van der Waals surface area contributed by atoms with Crippen molar-refractivity contribution in [3.63, 3.8) is 0 Å². The molecule has 0 aliphatic rings. The van der Waals surface area contributed by atoms with Crippen LogP contribution in [-0.2, 0) is 20.9 Å². The molecule has 0 saturated heterocycles. The van der Waals surface area contributed by atoms with Crippen molar-refractivity contribution in [1.29, 1.82) is 0 Å². The van der Waals surface area contributed by atoms with Crippen molar-refractivity contribution in [2.24, 2.45) is 0 Å². The largest absolute Gasteiger partial charge is 0.480 e. The average Bonchev–Trinajstić information content (AvgIpc) is 2.55. The third-order valence-corrected chi connectivity index (χ3v) is 2.90. The van der Waals surface area contributed by atoms with Gasteiger partial charge in [-0.1, -0.05) is 36.4 Å². The van der Waals surface area contributed by atoms with Gasteiger partial charge in [0.15, 0.2) is 0 Å². The average molecular weight is 320 g/mol. The van der Waals surface area contributed by atoms with Crippen LogP contribution in [0.25, 0.3) is 0 Å². The number of amides is 2. The highest BCUT2D eigenvalue weighted by Crippen LogP contribution is 2.00. The number of hydrogen-bond acceptors (Lipinski definition) is 4. The van der Waals surface area contributed by atoms with Crippen LogP contribution in [0.5, 0.6) is 0 Å². The Bertz CT molecular complexity index is 545. The fraction of sp³-hybridized carbons (Fsp3) is 0.312. The summed E-state index contributed by atoms with van der Waals surface area (Å²) in [5.74, 6) is -1.73. The second kappa shape index (κ2) is 9.99. The van der Waals surface area contributed by atoms with Crippen molar-refractivity contribution in [3.05, 3.63) is 48.6 Å². The Morgan fingerprint density at radius 2 is 1.96 bits per heavy atom. The number of alkyl carbamates (subject to hydrolysis) is 1. The Balaban J connectivity index is 2.29. The van der Waals surface area contributed by atoms with Crippen LogP contribution in [0.2, 0.25) is 0 Å². The predicted molar refractivity (Wildman–Crippen MR) is 83.6 cm³/mol. The number of hydrogen-bond donors (Lipinski definition) is 3. The van der Waals surface area contributed by atoms with Gasteiger partial charge in [-0.25, -0.2) is 9.59 Å². The number of ether oxygens (including phenoxy) is 1. The van der Waals surface area contributed by atoms with Gasteiger partial charge in [-0.2, -0.15) is 0 Å². The third kappa shape index (κ3) is 7.66. The van der Waals surface area contributed by atoms with Crippen molar-refractivity contribution < 1.29 is 24.2 Å². The Labute approximate surface area is 134 Å². The summed E-state index contributed by atoms with van der Waals surface area (Å²) in [6, 6.07) is 8.08. The van der Waals surface area contributed by atoms with E-state index in [-0.39, 0.29) is 19.6 Å². The second-order valence-electron chi connectivity index (χ2n) is 4.74. The molecule has 23 heavy (non-hydrogen) atoms. The molecule has 0 aliphatic heterocycles. The van der Waals surface area contributed by atoms with Gasteiger partial charge in [-0.15, -0.1) is 6.58 Å². The minimum absolute atomic E-state index is 0.0887. The Hall–Kier alpha value is -2.83. The fourth-order valence-corrected chi connectivity index (χ4v) is 1.71. The summed E-state index contributed by atoms with van der Waals surface area (Å²) in [5.41, 5.74) is 0.822. The molecule has 1 aromatic rings. The molecular weight excluding hydrogens is 300 g/mol. The molecule has 0 saturated carbocycles. The first-order valence-electron chi connectivity index (χ1n) is 7.10. The normalized spacial score (nSPS) is 11.1. The van der Waals surface area contributed by atoms with Crippen LogP contribution in [0.15, 0.2) is 43.0 Å². The molecule has 124 valence electrons. The van der Waals surface area contributed by atoms with Crippen LogP contribution in [0.1, 0.15) is 18.4 Å². The quantitative estimate of drug-likeness (QED) is 0.597. The number of carboxylic acid groups (broad SMARTS) is 1. The number of nitrogens with one attached hydrogen (secondary N) is 2. The number of aliphatic carboxylic acids is 1.